The molecule has 0 aliphatic heterocycles. The van der Waals surface area contributed by atoms with Gasteiger partial charge >= 0.3 is 0 Å². The molecule has 1 atom stereocenters. The van der Waals surface area contributed by atoms with Gasteiger partial charge in [0.15, 0.2) is 0 Å². The van der Waals surface area contributed by atoms with E-state index in [4.69, 9.17) is 0 Å². The van der Waals surface area contributed by atoms with Crippen molar-refractivity contribution in [3.63, 3.8) is 0 Å². The normalized spacial score (nSPS) is 14.5. The van der Waals surface area contributed by atoms with Gasteiger partial charge in [-0.25, -0.2) is 0 Å². The van der Waals surface area contributed by atoms with Crippen molar-refractivity contribution in [2.45, 2.75) is 97.3 Å². The minimum absolute atomic E-state index is 0. The maximum atomic E-state index is 2.42. The quantitative estimate of drug-likeness (QED) is 0.174. The molecule has 1 aliphatic carbocycles. The summed E-state index contributed by atoms with van der Waals surface area (Å²) in [5.41, 5.74) is 0. The summed E-state index contributed by atoms with van der Waals surface area (Å²) < 4.78 is 0. The molecule has 0 saturated heterocycles. The summed E-state index contributed by atoms with van der Waals surface area (Å²) >= 11 is 0. The molecule has 0 fully saturated rings. The Hall–Kier alpha value is 1.08. The second-order valence-corrected chi connectivity index (χ2v) is 6.87. The molecule has 0 aromatic carbocycles. The first-order valence-corrected chi connectivity index (χ1v) is 9.73. The van der Waals surface area contributed by atoms with Gasteiger partial charge in [-0.3, -0.25) is 0 Å². The van der Waals surface area contributed by atoms with Crippen molar-refractivity contribution < 1.29 is 0 Å². The third-order valence-corrected chi connectivity index (χ3v) is 4.93. The van der Waals surface area contributed by atoms with E-state index >= 15 is 0 Å². The Labute approximate surface area is 180 Å². The fourth-order valence-corrected chi connectivity index (χ4v) is 3.49. The SMILES string of the molecule is CCCCCCCCCC(CCCCCC)C1C=CC=C1.[Sn].[Sn]. The molecule has 1 aliphatic rings. The van der Waals surface area contributed by atoms with Gasteiger partial charge in [0.2, 0.25) is 0 Å². The summed E-state index contributed by atoms with van der Waals surface area (Å²) in [5, 5.41) is 0. The summed E-state index contributed by atoms with van der Waals surface area (Å²) in [4.78, 5) is 0. The average molecular weight is 528 g/mol. The van der Waals surface area contributed by atoms with Crippen molar-refractivity contribution in [2.75, 3.05) is 0 Å². The van der Waals surface area contributed by atoms with Crippen molar-refractivity contribution in [3.05, 3.63) is 24.3 Å². The predicted molar refractivity (Wildman–Crippen MR) is 108 cm³/mol. The minimum Gasteiger partial charge on any atom is -0.0773 e. The van der Waals surface area contributed by atoms with Gasteiger partial charge in [-0.2, -0.15) is 0 Å². The number of hydrogen-bond donors (Lipinski definition) is 0. The van der Waals surface area contributed by atoms with Crippen LogP contribution in [0.5, 0.6) is 0 Å². The maximum Gasteiger partial charge on any atom is 0 e. The molecule has 1 rings (SSSR count). The van der Waals surface area contributed by atoms with Crippen molar-refractivity contribution in [1.29, 1.82) is 0 Å². The smallest absolute Gasteiger partial charge is 0 e. The van der Waals surface area contributed by atoms with E-state index in [-0.39, 0.29) is 47.8 Å². The number of hydrogen-bond acceptors (Lipinski definition) is 0. The molecule has 0 N–H and O–H groups in total. The Kier molecular flexibility index (Phi) is 22.2. The summed E-state index contributed by atoms with van der Waals surface area (Å²) in [6.45, 7) is 4.60. The van der Waals surface area contributed by atoms with E-state index in [0.717, 1.165) is 11.8 Å². The molecular weight excluding hydrogens is 490 g/mol. The Morgan fingerprint density at radius 3 is 1.48 bits per heavy atom. The Morgan fingerprint density at radius 2 is 1.00 bits per heavy atom. The number of unbranched alkanes of at least 4 members (excludes halogenated alkanes) is 9. The van der Waals surface area contributed by atoms with E-state index in [9.17, 15) is 0 Å². The van der Waals surface area contributed by atoms with Crippen LogP contribution < -0.4 is 0 Å². The van der Waals surface area contributed by atoms with Crippen LogP contribution in [-0.4, -0.2) is 47.8 Å². The molecule has 0 bridgehead atoms. The molecule has 2 heteroatoms. The van der Waals surface area contributed by atoms with Gasteiger partial charge in [-0.05, 0) is 24.7 Å². The molecule has 23 heavy (non-hydrogen) atoms. The van der Waals surface area contributed by atoms with E-state index in [1.54, 1.807) is 0 Å². The average Bonchev–Trinajstić information content (AvgIpc) is 3.02. The summed E-state index contributed by atoms with van der Waals surface area (Å²) in [6.07, 6.45) is 27.9. The zero-order valence-electron chi connectivity index (χ0n) is 15.7. The first-order valence-electron chi connectivity index (χ1n) is 9.73. The topological polar surface area (TPSA) is 0 Å². The molecule has 0 amide bonds. The Bertz CT molecular complexity index is 272. The van der Waals surface area contributed by atoms with E-state index in [0.29, 0.717) is 0 Å². The standard InChI is InChI=1S/C21H38.2Sn/c1-3-5-7-9-10-11-13-17-20(16-12-8-6-4-2)21-18-14-15-19-21;;/h14-15,18-21H,3-13,16-17H2,1-2H3;;. The monoisotopic (exact) mass is 530 g/mol. The van der Waals surface area contributed by atoms with Gasteiger partial charge in [0.1, 0.15) is 0 Å². The molecule has 0 nitrogen and oxygen atoms in total. The van der Waals surface area contributed by atoms with Crippen LogP contribution >= 0.6 is 0 Å². The van der Waals surface area contributed by atoms with Crippen LogP contribution in [-0.2, 0) is 0 Å². The van der Waals surface area contributed by atoms with E-state index in [1.807, 2.05) is 0 Å². The fourth-order valence-electron chi connectivity index (χ4n) is 3.49. The molecule has 130 valence electrons. The van der Waals surface area contributed by atoms with Gasteiger partial charge in [-0.15, -0.1) is 0 Å². The summed E-state index contributed by atoms with van der Waals surface area (Å²) in [7, 11) is 0. The third-order valence-electron chi connectivity index (χ3n) is 4.93. The molecular formula is C21H38Sn2. The minimum atomic E-state index is 0. The third kappa shape index (κ3) is 14.0. The van der Waals surface area contributed by atoms with Crippen LogP contribution in [0.3, 0.4) is 0 Å². The van der Waals surface area contributed by atoms with Crippen LogP contribution in [0.25, 0.3) is 0 Å². The molecule has 0 aromatic rings. The van der Waals surface area contributed by atoms with Crippen LogP contribution in [0.2, 0.25) is 0 Å². The summed E-state index contributed by atoms with van der Waals surface area (Å²) in [6, 6.07) is 0. The number of rotatable bonds is 14. The first-order chi connectivity index (χ1) is 10.4. The van der Waals surface area contributed by atoms with Crippen LogP contribution in [0, 0.1) is 11.8 Å². The van der Waals surface area contributed by atoms with Crippen LogP contribution in [0.15, 0.2) is 24.3 Å². The molecule has 8 radical (unpaired) electrons. The fraction of sp³-hybridized carbons (Fsp3) is 0.810. The van der Waals surface area contributed by atoms with Crippen molar-refractivity contribution in [2.24, 2.45) is 11.8 Å². The first kappa shape index (κ1) is 26.3. The van der Waals surface area contributed by atoms with E-state index in [1.165, 1.54) is 83.5 Å². The van der Waals surface area contributed by atoms with Crippen molar-refractivity contribution in [3.8, 4) is 0 Å². The molecule has 0 spiro atoms. The Balaban J connectivity index is 0. The zero-order valence-corrected chi connectivity index (χ0v) is 21.4. The Morgan fingerprint density at radius 1 is 0.609 bits per heavy atom. The van der Waals surface area contributed by atoms with Crippen LogP contribution in [0.1, 0.15) is 97.3 Å². The summed E-state index contributed by atoms with van der Waals surface area (Å²) in [5.74, 6) is 1.65. The van der Waals surface area contributed by atoms with Gasteiger partial charge in [0.25, 0.3) is 0 Å². The number of allylic oxidation sites excluding steroid dienone is 4. The second-order valence-electron chi connectivity index (χ2n) is 6.87. The molecule has 1 unspecified atom stereocenters. The van der Waals surface area contributed by atoms with Gasteiger partial charge in [-0.1, -0.05) is 109 Å². The van der Waals surface area contributed by atoms with E-state index in [2.05, 4.69) is 38.2 Å². The van der Waals surface area contributed by atoms with Gasteiger partial charge in [0.05, 0.1) is 0 Å². The maximum absolute atomic E-state index is 2.42. The van der Waals surface area contributed by atoms with Crippen LogP contribution in [0.4, 0.5) is 0 Å². The van der Waals surface area contributed by atoms with Gasteiger partial charge in [0, 0.05) is 47.8 Å². The largest absolute Gasteiger partial charge is 0.0773 e. The molecule has 0 saturated carbocycles. The van der Waals surface area contributed by atoms with E-state index < -0.39 is 0 Å². The molecule has 0 heterocycles. The zero-order chi connectivity index (χ0) is 15.2. The molecule has 0 aromatic heterocycles. The van der Waals surface area contributed by atoms with Crippen molar-refractivity contribution >= 4 is 47.8 Å². The van der Waals surface area contributed by atoms with Crippen molar-refractivity contribution in [1.82, 2.24) is 0 Å². The second kappa shape index (κ2) is 19.4. The van der Waals surface area contributed by atoms with Gasteiger partial charge < -0.3 is 0 Å². The predicted octanol–water partition coefficient (Wildman–Crippen LogP) is 6.69.